The lowest BCUT2D eigenvalue weighted by atomic mass is 9.90. The van der Waals surface area contributed by atoms with Crippen molar-refractivity contribution in [2.75, 3.05) is 19.6 Å². The van der Waals surface area contributed by atoms with Crippen LogP contribution in [-0.4, -0.2) is 35.6 Å². The zero-order chi connectivity index (χ0) is 20.7. The zero-order valence-electron chi connectivity index (χ0n) is 18.9. The molecule has 3 heteroatoms. The second kappa shape index (κ2) is 10.4. The molecule has 1 fully saturated rings. The minimum Gasteiger partial charge on any atom is -0.488 e. The molecule has 0 atom stereocenters. The third-order valence-corrected chi connectivity index (χ3v) is 5.81. The second-order valence-electron chi connectivity index (χ2n) is 9.64. The number of aromatic nitrogens is 1. The van der Waals surface area contributed by atoms with Gasteiger partial charge in [0.2, 0.25) is 0 Å². The van der Waals surface area contributed by atoms with Crippen molar-refractivity contribution in [3.63, 3.8) is 0 Å². The van der Waals surface area contributed by atoms with E-state index in [1.54, 1.807) is 0 Å². The Bertz CT molecular complexity index is 757. The number of rotatable bonds is 9. The van der Waals surface area contributed by atoms with Crippen molar-refractivity contribution >= 4 is 10.9 Å². The Morgan fingerprint density at radius 1 is 1.17 bits per heavy atom. The van der Waals surface area contributed by atoms with E-state index in [1.807, 2.05) is 12.3 Å². The Kier molecular flexibility index (Phi) is 7.94. The number of benzene rings is 1. The van der Waals surface area contributed by atoms with Crippen LogP contribution >= 0.6 is 0 Å². The molecular formula is C26H39N2O. The van der Waals surface area contributed by atoms with E-state index in [4.69, 9.17) is 4.74 Å². The highest BCUT2D eigenvalue weighted by Crippen LogP contribution is 2.29. The molecule has 0 spiro atoms. The fraction of sp³-hybridized carbons (Fsp3) is 0.615. The van der Waals surface area contributed by atoms with Crippen LogP contribution in [0.25, 0.3) is 10.9 Å². The smallest absolute Gasteiger partial charge is 0.146 e. The number of fused-ring (bicyclic) bond motifs is 1. The van der Waals surface area contributed by atoms with E-state index >= 15 is 0 Å². The number of unbranched alkanes of at least 4 members (excludes halogenated alkanes) is 2. The van der Waals surface area contributed by atoms with Crippen molar-refractivity contribution in [2.24, 2.45) is 5.41 Å². The summed E-state index contributed by atoms with van der Waals surface area (Å²) in [6.07, 6.45) is 12.9. The third kappa shape index (κ3) is 6.99. The standard InChI is InChI=1S/C26H39N2O/c1-5-6-10-21-19-22-11-9-15-27-25(22)24(20-21)29-23-12-17-28(18-13-23)16-8-7-14-26(2,3)4/h9,11,14-15,19-20,23H,5-8,10,12-13,16-18H2,1-4H3. The number of aryl methyl sites for hydroxylation is 1. The Morgan fingerprint density at radius 3 is 2.69 bits per heavy atom. The lowest BCUT2D eigenvalue weighted by Crippen LogP contribution is -2.38. The van der Waals surface area contributed by atoms with Crippen molar-refractivity contribution in [3.8, 4) is 5.75 Å². The third-order valence-electron chi connectivity index (χ3n) is 5.81. The minimum atomic E-state index is 0.305. The molecule has 2 aromatic rings. The molecule has 1 aromatic heterocycles. The molecule has 1 radical (unpaired) electrons. The first-order valence-corrected chi connectivity index (χ1v) is 11.6. The molecule has 0 aliphatic carbocycles. The van der Waals surface area contributed by atoms with Gasteiger partial charge in [0, 0.05) is 24.7 Å². The number of hydrogen-bond acceptors (Lipinski definition) is 3. The number of hydrogen-bond donors (Lipinski definition) is 0. The average molecular weight is 396 g/mol. The van der Waals surface area contributed by atoms with Gasteiger partial charge >= 0.3 is 0 Å². The van der Waals surface area contributed by atoms with Gasteiger partial charge in [-0.3, -0.25) is 4.98 Å². The molecule has 1 aliphatic heterocycles. The Morgan fingerprint density at radius 2 is 1.97 bits per heavy atom. The topological polar surface area (TPSA) is 25.4 Å². The van der Waals surface area contributed by atoms with Crippen molar-refractivity contribution < 1.29 is 4.74 Å². The van der Waals surface area contributed by atoms with Gasteiger partial charge in [-0.25, -0.2) is 0 Å². The van der Waals surface area contributed by atoms with Gasteiger partial charge in [0.15, 0.2) is 0 Å². The van der Waals surface area contributed by atoms with E-state index < -0.39 is 0 Å². The molecule has 1 aliphatic rings. The van der Waals surface area contributed by atoms with Crippen molar-refractivity contribution in [1.29, 1.82) is 0 Å². The highest BCUT2D eigenvalue weighted by molar-refractivity contribution is 5.85. The van der Waals surface area contributed by atoms with E-state index in [9.17, 15) is 0 Å². The van der Waals surface area contributed by atoms with Crippen LogP contribution in [0.2, 0.25) is 0 Å². The van der Waals surface area contributed by atoms with Crippen LogP contribution < -0.4 is 4.74 Å². The maximum Gasteiger partial charge on any atom is 0.146 e. The van der Waals surface area contributed by atoms with Crippen LogP contribution in [0.3, 0.4) is 0 Å². The fourth-order valence-electron chi connectivity index (χ4n) is 4.11. The normalized spacial score (nSPS) is 16.4. The first-order valence-electron chi connectivity index (χ1n) is 11.6. The van der Waals surface area contributed by atoms with Gasteiger partial charge in [0.25, 0.3) is 0 Å². The second-order valence-corrected chi connectivity index (χ2v) is 9.64. The monoisotopic (exact) mass is 395 g/mol. The highest BCUT2D eigenvalue weighted by Gasteiger charge is 2.21. The maximum absolute atomic E-state index is 6.51. The molecule has 29 heavy (non-hydrogen) atoms. The average Bonchev–Trinajstić information content (AvgIpc) is 2.70. The van der Waals surface area contributed by atoms with E-state index in [-0.39, 0.29) is 0 Å². The molecular weight excluding hydrogens is 356 g/mol. The van der Waals surface area contributed by atoms with Gasteiger partial charge in [-0.15, -0.1) is 0 Å². The Labute approximate surface area is 177 Å². The Balaban J connectivity index is 1.54. The first-order chi connectivity index (χ1) is 13.9. The van der Waals surface area contributed by atoms with Crippen LogP contribution in [0.4, 0.5) is 0 Å². The fourth-order valence-corrected chi connectivity index (χ4v) is 4.11. The predicted molar refractivity (Wildman–Crippen MR) is 123 cm³/mol. The maximum atomic E-state index is 6.51. The van der Waals surface area contributed by atoms with Crippen LogP contribution in [0.15, 0.2) is 30.5 Å². The summed E-state index contributed by atoms with van der Waals surface area (Å²) >= 11 is 0. The van der Waals surface area contributed by atoms with Crippen LogP contribution in [0.5, 0.6) is 5.75 Å². The number of pyridine rings is 1. The quantitative estimate of drug-likeness (QED) is 0.456. The predicted octanol–water partition coefficient (Wildman–Crippen LogP) is 6.45. The summed E-state index contributed by atoms with van der Waals surface area (Å²) < 4.78 is 6.51. The molecule has 0 amide bonds. The van der Waals surface area contributed by atoms with Crippen LogP contribution in [0, 0.1) is 11.8 Å². The van der Waals surface area contributed by atoms with Gasteiger partial charge in [-0.2, -0.15) is 0 Å². The molecule has 1 aromatic carbocycles. The summed E-state index contributed by atoms with van der Waals surface area (Å²) in [7, 11) is 0. The molecule has 2 heterocycles. The lowest BCUT2D eigenvalue weighted by Gasteiger charge is -2.32. The molecule has 0 bridgehead atoms. The summed E-state index contributed by atoms with van der Waals surface area (Å²) in [5, 5.41) is 1.20. The molecule has 1 saturated heterocycles. The number of ether oxygens (including phenoxy) is 1. The highest BCUT2D eigenvalue weighted by atomic mass is 16.5. The van der Waals surface area contributed by atoms with E-state index in [0.29, 0.717) is 11.5 Å². The number of piperidine rings is 1. The van der Waals surface area contributed by atoms with Gasteiger partial charge in [-0.1, -0.05) is 40.2 Å². The van der Waals surface area contributed by atoms with E-state index in [2.05, 4.69) is 62.2 Å². The van der Waals surface area contributed by atoms with Gasteiger partial charge in [0.1, 0.15) is 17.4 Å². The SMILES string of the molecule is CCCCc1cc(OC2CCN(CCC[CH]C(C)(C)C)CC2)c2ncccc2c1. The van der Waals surface area contributed by atoms with Gasteiger partial charge < -0.3 is 9.64 Å². The van der Waals surface area contributed by atoms with Crippen LogP contribution in [0.1, 0.15) is 71.8 Å². The van der Waals surface area contributed by atoms with Gasteiger partial charge in [-0.05, 0) is 80.7 Å². The van der Waals surface area contributed by atoms with Crippen LogP contribution in [-0.2, 0) is 6.42 Å². The summed E-state index contributed by atoms with van der Waals surface area (Å²) in [6.45, 7) is 12.6. The van der Waals surface area contributed by atoms with Crippen molar-refractivity contribution in [2.45, 2.75) is 78.7 Å². The largest absolute Gasteiger partial charge is 0.488 e. The summed E-state index contributed by atoms with van der Waals surface area (Å²) in [5.74, 6) is 0.979. The number of likely N-dealkylation sites (tertiary alicyclic amines) is 1. The van der Waals surface area contributed by atoms with Crippen molar-refractivity contribution in [3.05, 3.63) is 42.4 Å². The molecule has 0 saturated carbocycles. The molecule has 0 unspecified atom stereocenters. The zero-order valence-corrected chi connectivity index (χ0v) is 18.9. The molecule has 159 valence electrons. The Hall–Kier alpha value is -1.61. The molecule has 3 rings (SSSR count). The van der Waals surface area contributed by atoms with Gasteiger partial charge in [0.05, 0.1) is 0 Å². The van der Waals surface area contributed by atoms with E-state index in [1.165, 1.54) is 43.2 Å². The summed E-state index contributed by atoms with van der Waals surface area (Å²) in [6, 6.07) is 8.69. The summed E-state index contributed by atoms with van der Waals surface area (Å²) in [4.78, 5) is 7.22. The molecule has 0 N–H and O–H groups in total. The van der Waals surface area contributed by atoms with E-state index in [0.717, 1.165) is 43.6 Å². The first kappa shape index (κ1) is 22.1. The number of nitrogens with zero attached hydrogens (tertiary/aromatic N) is 2. The molecule has 3 nitrogen and oxygen atoms in total. The summed E-state index contributed by atoms with van der Waals surface area (Å²) in [5.41, 5.74) is 2.71. The van der Waals surface area contributed by atoms with Crippen molar-refractivity contribution in [1.82, 2.24) is 9.88 Å². The minimum absolute atomic E-state index is 0.305. The lowest BCUT2D eigenvalue weighted by molar-refractivity contribution is 0.101.